The van der Waals surface area contributed by atoms with E-state index in [0.717, 1.165) is 25.0 Å². The van der Waals surface area contributed by atoms with E-state index < -0.39 is 0 Å². The smallest absolute Gasteiger partial charge is 0.123 e. The molecule has 1 heterocycles. The van der Waals surface area contributed by atoms with Crippen molar-refractivity contribution in [3.05, 3.63) is 0 Å². The van der Waals surface area contributed by atoms with Crippen LogP contribution in [0.1, 0.15) is 32.6 Å². The largest absolute Gasteiger partial charge is 0.306 e. The molecule has 1 aliphatic carbocycles. The van der Waals surface area contributed by atoms with Crippen LogP contribution in [0.15, 0.2) is 0 Å². The molecule has 2 heteroatoms. The van der Waals surface area contributed by atoms with E-state index in [0.29, 0.717) is 5.92 Å². The first kappa shape index (κ1) is 10.7. The highest BCUT2D eigenvalue weighted by atomic mass is 16.1. The van der Waals surface area contributed by atoms with E-state index >= 15 is 0 Å². The second-order valence-electron chi connectivity index (χ2n) is 4.46. The third-order valence-electron chi connectivity index (χ3n) is 2.82. The fraction of sp³-hybridized carbons (Fsp3) is 0.909. The molecular formula is C11H21NO. The molecular weight excluding hydrogens is 162 g/mol. The summed E-state index contributed by atoms with van der Waals surface area (Å²) in [4.78, 5) is 12.0. The Balaban J connectivity index is 0.000000145. The predicted molar refractivity (Wildman–Crippen MR) is 54.7 cm³/mol. The summed E-state index contributed by atoms with van der Waals surface area (Å²) in [5.41, 5.74) is 0. The summed E-state index contributed by atoms with van der Waals surface area (Å²) in [6.45, 7) is 4.95. The topological polar surface area (TPSA) is 20.3 Å². The van der Waals surface area contributed by atoms with Crippen LogP contribution in [0.3, 0.4) is 0 Å². The molecule has 76 valence electrons. The van der Waals surface area contributed by atoms with Gasteiger partial charge in [0.2, 0.25) is 0 Å². The number of rotatable bonds is 1. The van der Waals surface area contributed by atoms with Crippen LogP contribution in [0.25, 0.3) is 0 Å². The van der Waals surface area contributed by atoms with Gasteiger partial charge in [0, 0.05) is 5.92 Å². The summed E-state index contributed by atoms with van der Waals surface area (Å²) in [7, 11) is 2.20. The van der Waals surface area contributed by atoms with Gasteiger partial charge in [0.1, 0.15) is 6.29 Å². The van der Waals surface area contributed by atoms with Crippen LogP contribution in [0, 0.1) is 11.8 Å². The van der Waals surface area contributed by atoms with Crippen molar-refractivity contribution in [2.45, 2.75) is 32.6 Å². The lowest BCUT2D eigenvalue weighted by atomic mass is 10.00. The Labute approximate surface area is 81.3 Å². The Morgan fingerprint density at radius 3 is 1.92 bits per heavy atom. The SMILES string of the molecule is CC1CCN(C)CC1.O=CC1CC1. The Morgan fingerprint density at radius 1 is 1.15 bits per heavy atom. The van der Waals surface area contributed by atoms with E-state index in [4.69, 9.17) is 0 Å². The molecule has 0 aromatic rings. The zero-order valence-electron chi connectivity index (χ0n) is 8.83. The van der Waals surface area contributed by atoms with Crippen molar-refractivity contribution in [1.29, 1.82) is 0 Å². The van der Waals surface area contributed by atoms with Crippen LogP contribution in [-0.4, -0.2) is 31.3 Å². The summed E-state index contributed by atoms with van der Waals surface area (Å²) in [6.07, 6.45) is 6.11. The van der Waals surface area contributed by atoms with Crippen molar-refractivity contribution < 1.29 is 4.79 Å². The summed E-state index contributed by atoms with van der Waals surface area (Å²) in [5, 5.41) is 0. The number of likely N-dealkylation sites (tertiary alicyclic amines) is 1. The molecule has 2 rings (SSSR count). The molecule has 2 fully saturated rings. The standard InChI is InChI=1S/C7H15N.C4H6O/c1-7-3-5-8(2)6-4-7;5-3-4-1-2-4/h7H,3-6H2,1-2H3;3-4H,1-2H2. The third kappa shape index (κ3) is 5.04. The van der Waals surface area contributed by atoms with Crippen LogP contribution in [0.2, 0.25) is 0 Å². The van der Waals surface area contributed by atoms with E-state index in [9.17, 15) is 4.79 Å². The fourth-order valence-corrected chi connectivity index (χ4v) is 1.37. The third-order valence-corrected chi connectivity index (χ3v) is 2.82. The molecule has 2 aliphatic rings. The molecule has 0 atom stereocenters. The molecule has 0 aromatic carbocycles. The van der Waals surface area contributed by atoms with Gasteiger partial charge in [-0.3, -0.25) is 0 Å². The van der Waals surface area contributed by atoms with E-state index in [1.807, 2.05) is 0 Å². The van der Waals surface area contributed by atoms with Crippen LogP contribution < -0.4 is 0 Å². The molecule has 0 amide bonds. The van der Waals surface area contributed by atoms with Gasteiger partial charge in [-0.25, -0.2) is 0 Å². The number of aldehydes is 1. The van der Waals surface area contributed by atoms with Crippen molar-refractivity contribution in [3.8, 4) is 0 Å². The molecule has 1 saturated heterocycles. The molecule has 0 radical (unpaired) electrons. The first-order valence-corrected chi connectivity index (χ1v) is 5.36. The second-order valence-corrected chi connectivity index (χ2v) is 4.46. The summed E-state index contributed by atoms with van der Waals surface area (Å²) < 4.78 is 0. The number of carbonyl (C=O) groups excluding carboxylic acids is 1. The minimum atomic E-state index is 0.454. The molecule has 0 spiro atoms. The maximum atomic E-state index is 9.57. The molecule has 0 N–H and O–H groups in total. The van der Waals surface area contributed by atoms with Crippen LogP contribution >= 0.6 is 0 Å². The normalized spacial score (nSPS) is 24.8. The summed E-state index contributed by atoms with van der Waals surface area (Å²) >= 11 is 0. The fourth-order valence-electron chi connectivity index (χ4n) is 1.37. The van der Waals surface area contributed by atoms with Crippen molar-refractivity contribution in [1.82, 2.24) is 4.90 Å². The number of hydrogen-bond acceptors (Lipinski definition) is 2. The van der Waals surface area contributed by atoms with Gasteiger partial charge in [-0.05, 0) is 51.7 Å². The molecule has 1 saturated carbocycles. The van der Waals surface area contributed by atoms with E-state index in [1.54, 1.807) is 0 Å². The summed E-state index contributed by atoms with van der Waals surface area (Å²) in [5.74, 6) is 1.43. The molecule has 0 unspecified atom stereocenters. The highest BCUT2D eigenvalue weighted by Gasteiger charge is 2.18. The number of hydrogen-bond donors (Lipinski definition) is 0. The van der Waals surface area contributed by atoms with Gasteiger partial charge in [-0.2, -0.15) is 0 Å². The number of nitrogens with zero attached hydrogens (tertiary/aromatic N) is 1. The Kier molecular flexibility index (Phi) is 4.43. The first-order valence-electron chi connectivity index (χ1n) is 5.36. The van der Waals surface area contributed by atoms with Gasteiger partial charge < -0.3 is 9.69 Å². The monoisotopic (exact) mass is 183 g/mol. The van der Waals surface area contributed by atoms with Gasteiger partial charge >= 0.3 is 0 Å². The highest BCUT2D eigenvalue weighted by molar-refractivity contribution is 5.56. The van der Waals surface area contributed by atoms with Crippen LogP contribution in [-0.2, 0) is 4.79 Å². The maximum absolute atomic E-state index is 9.57. The van der Waals surface area contributed by atoms with E-state index in [2.05, 4.69) is 18.9 Å². The Morgan fingerprint density at radius 2 is 1.69 bits per heavy atom. The number of carbonyl (C=O) groups is 1. The van der Waals surface area contributed by atoms with Crippen molar-refractivity contribution in [2.75, 3.05) is 20.1 Å². The molecule has 2 nitrogen and oxygen atoms in total. The minimum Gasteiger partial charge on any atom is -0.306 e. The van der Waals surface area contributed by atoms with Gasteiger partial charge in [0.05, 0.1) is 0 Å². The predicted octanol–water partition coefficient (Wildman–Crippen LogP) is 1.94. The lowest BCUT2D eigenvalue weighted by molar-refractivity contribution is -0.108. The lowest BCUT2D eigenvalue weighted by Gasteiger charge is -2.26. The zero-order valence-corrected chi connectivity index (χ0v) is 8.83. The van der Waals surface area contributed by atoms with Crippen molar-refractivity contribution in [2.24, 2.45) is 11.8 Å². The van der Waals surface area contributed by atoms with E-state index in [1.165, 1.54) is 25.9 Å². The molecule has 0 bridgehead atoms. The Hall–Kier alpha value is -0.370. The second kappa shape index (κ2) is 5.38. The lowest BCUT2D eigenvalue weighted by Crippen LogP contribution is -2.28. The average molecular weight is 183 g/mol. The average Bonchev–Trinajstić information content (AvgIpc) is 2.94. The van der Waals surface area contributed by atoms with Crippen LogP contribution in [0.4, 0.5) is 0 Å². The highest BCUT2D eigenvalue weighted by Crippen LogP contribution is 2.25. The van der Waals surface area contributed by atoms with Gasteiger partial charge in [0.25, 0.3) is 0 Å². The molecule has 13 heavy (non-hydrogen) atoms. The first-order chi connectivity index (χ1) is 6.22. The Bertz CT molecular complexity index is 136. The van der Waals surface area contributed by atoms with Gasteiger partial charge in [-0.1, -0.05) is 6.92 Å². The van der Waals surface area contributed by atoms with Crippen molar-refractivity contribution in [3.63, 3.8) is 0 Å². The molecule has 1 aliphatic heterocycles. The van der Waals surface area contributed by atoms with Gasteiger partial charge in [-0.15, -0.1) is 0 Å². The van der Waals surface area contributed by atoms with Crippen LogP contribution in [0.5, 0.6) is 0 Å². The zero-order chi connectivity index (χ0) is 9.68. The maximum Gasteiger partial charge on any atom is 0.123 e. The summed E-state index contributed by atoms with van der Waals surface area (Å²) in [6, 6.07) is 0. The van der Waals surface area contributed by atoms with E-state index in [-0.39, 0.29) is 0 Å². The molecule has 0 aromatic heterocycles. The quantitative estimate of drug-likeness (QED) is 0.579. The minimum absolute atomic E-state index is 0.454. The number of piperidine rings is 1. The van der Waals surface area contributed by atoms with Crippen molar-refractivity contribution >= 4 is 6.29 Å². The van der Waals surface area contributed by atoms with Gasteiger partial charge in [0.15, 0.2) is 0 Å².